The van der Waals surface area contributed by atoms with Gasteiger partial charge in [0.05, 0.1) is 36.7 Å². The Labute approximate surface area is 196 Å². The van der Waals surface area contributed by atoms with Crippen molar-refractivity contribution in [2.75, 3.05) is 32.8 Å². The Morgan fingerprint density at radius 1 is 1.06 bits per heavy atom. The van der Waals surface area contributed by atoms with Gasteiger partial charge in [0.1, 0.15) is 0 Å². The maximum Gasteiger partial charge on any atom is 0.416 e. The van der Waals surface area contributed by atoms with E-state index in [1.807, 2.05) is 36.5 Å². The van der Waals surface area contributed by atoms with Crippen molar-refractivity contribution in [3.05, 3.63) is 83.7 Å². The topological polar surface area (TPSA) is 59.4 Å². The summed E-state index contributed by atoms with van der Waals surface area (Å²) in [4.78, 5) is 14.7. The summed E-state index contributed by atoms with van der Waals surface area (Å²) in [7, 11) is 0. The van der Waals surface area contributed by atoms with Crippen molar-refractivity contribution in [3.8, 4) is 5.69 Å². The molecule has 180 valence electrons. The van der Waals surface area contributed by atoms with Crippen molar-refractivity contribution >= 4 is 5.91 Å². The third kappa shape index (κ3) is 6.24. The lowest BCUT2D eigenvalue weighted by Crippen LogP contribution is -2.43. The first-order valence-corrected chi connectivity index (χ1v) is 11.2. The Morgan fingerprint density at radius 3 is 2.44 bits per heavy atom. The SMILES string of the molecule is O=C(CCc1cnn(-c2ccccc2)c1)NCC(c1ccc(C(F)(F)F)cc1)N1CCOCC1. The fraction of sp³-hybridized carbons (Fsp3) is 0.360. The van der Waals surface area contributed by atoms with E-state index < -0.39 is 11.7 Å². The normalized spacial score (nSPS) is 15.7. The minimum atomic E-state index is -4.38. The summed E-state index contributed by atoms with van der Waals surface area (Å²) >= 11 is 0. The second kappa shape index (κ2) is 10.8. The molecule has 1 aromatic heterocycles. The molecule has 1 amide bonds. The second-order valence-electron chi connectivity index (χ2n) is 8.22. The van der Waals surface area contributed by atoms with Crippen molar-refractivity contribution in [3.63, 3.8) is 0 Å². The van der Waals surface area contributed by atoms with Gasteiger partial charge in [-0.25, -0.2) is 4.68 Å². The molecule has 0 aliphatic carbocycles. The molecule has 6 nitrogen and oxygen atoms in total. The van der Waals surface area contributed by atoms with E-state index in [0.29, 0.717) is 45.7 Å². The zero-order valence-corrected chi connectivity index (χ0v) is 18.7. The monoisotopic (exact) mass is 472 g/mol. The van der Waals surface area contributed by atoms with Crippen LogP contribution in [0.1, 0.15) is 29.2 Å². The number of aryl methyl sites for hydroxylation is 1. The quantitative estimate of drug-likeness (QED) is 0.538. The molecule has 34 heavy (non-hydrogen) atoms. The lowest BCUT2D eigenvalue weighted by Gasteiger charge is -2.35. The molecular formula is C25H27F3N4O2. The molecule has 3 aromatic rings. The van der Waals surface area contributed by atoms with Crippen LogP contribution in [0, 0.1) is 0 Å². The van der Waals surface area contributed by atoms with Gasteiger partial charge in [0, 0.05) is 32.3 Å². The number of aromatic nitrogens is 2. The number of ether oxygens (including phenoxy) is 1. The maximum absolute atomic E-state index is 13.0. The highest BCUT2D eigenvalue weighted by atomic mass is 19.4. The van der Waals surface area contributed by atoms with Crippen molar-refractivity contribution in [1.29, 1.82) is 0 Å². The van der Waals surface area contributed by atoms with Gasteiger partial charge in [-0.2, -0.15) is 18.3 Å². The van der Waals surface area contributed by atoms with Crippen molar-refractivity contribution in [2.24, 2.45) is 0 Å². The summed E-state index contributed by atoms with van der Waals surface area (Å²) in [6.45, 7) is 2.72. The van der Waals surface area contributed by atoms with Gasteiger partial charge < -0.3 is 10.1 Å². The van der Waals surface area contributed by atoms with Crippen molar-refractivity contribution < 1.29 is 22.7 Å². The fourth-order valence-corrected chi connectivity index (χ4v) is 4.01. The molecule has 1 fully saturated rings. The molecule has 4 rings (SSSR count). The Kier molecular flexibility index (Phi) is 7.64. The Bertz CT molecular complexity index is 1060. The minimum absolute atomic E-state index is 0.113. The smallest absolute Gasteiger partial charge is 0.379 e. The molecule has 2 aromatic carbocycles. The standard InChI is InChI=1S/C25H27F3N4O2/c26-25(27,28)21-9-7-20(8-10-21)23(31-12-14-34-15-13-31)17-29-24(33)11-6-19-16-30-32(18-19)22-4-2-1-3-5-22/h1-5,7-10,16,18,23H,6,11-15,17H2,(H,29,33). The number of rotatable bonds is 8. The number of halogens is 3. The largest absolute Gasteiger partial charge is 0.416 e. The van der Waals surface area contributed by atoms with E-state index in [2.05, 4.69) is 15.3 Å². The summed E-state index contributed by atoms with van der Waals surface area (Å²) < 4.78 is 46.1. The molecule has 1 saturated heterocycles. The van der Waals surface area contributed by atoms with Crippen LogP contribution in [0.4, 0.5) is 13.2 Å². The summed E-state index contributed by atoms with van der Waals surface area (Å²) in [5.74, 6) is -0.113. The molecule has 1 aliphatic rings. The van der Waals surface area contributed by atoms with Crippen LogP contribution >= 0.6 is 0 Å². The number of hydrogen-bond donors (Lipinski definition) is 1. The molecule has 0 bridgehead atoms. The predicted molar refractivity (Wildman–Crippen MR) is 121 cm³/mol. The van der Waals surface area contributed by atoms with Crippen LogP contribution in [0.15, 0.2) is 67.0 Å². The van der Waals surface area contributed by atoms with Gasteiger partial charge >= 0.3 is 6.18 Å². The van der Waals surface area contributed by atoms with E-state index >= 15 is 0 Å². The van der Waals surface area contributed by atoms with Crippen LogP contribution in [0.5, 0.6) is 0 Å². The number of hydrogen-bond acceptors (Lipinski definition) is 4. The van der Waals surface area contributed by atoms with Crippen LogP contribution < -0.4 is 5.32 Å². The first-order chi connectivity index (χ1) is 16.4. The van der Waals surface area contributed by atoms with Crippen LogP contribution in [0.25, 0.3) is 5.69 Å². The summed E-state index contributed by atoms with van der Waals surface area (Å²) in [5, 5.41) is 7.31. The number of benzene rings is 2. The summed E-state index contributed by atoms with van der Waals surface area (Å²) in [6.07, 6.45) is 0.111. The number of amides is 1. The number of morpholine rings is 1. The molecule has 2 heterocycles. The highest BCUT2D eigenvalue weighted by Crippen LogP contribution is 2.31. The minimum Gasteiger partial charge on any atom is -0.379 e. The predicted octanol–water partition coefficient (Wildman–Crippen LogP) is 4.01. The van der Waals surface area contributed by atoms with E-state index in [4.69, 9.17) is 4.74 Å². The molecule has 0 spiro atoms. The van der Waals surface area contributed by atoms with Gasteiger partial charge in [-0.3, -0.25) is 9.69 Å². The van der Waals surface area contributed by atoms with Crippen LogP contribution in [-0.2, 0) is 22.1 Å². The number of nitrogens with one attached hydrogen (secondary N) is 1. The number of alkyl halides is 3. The van der Waals surface area contributed by atoms with Crippen LogP contribution in [0.2, 0.25) is 0 Å². The van der Waals surface area contributed by atoms with E-state index in [-0.39, 0.29) is 11.9 Å². The number of carbonyl (C=O) groups is 1. The molecule has 1 aliphatic heterocycles. The molecule has 1 atom stereocenters. The summed E-state index contributed by atoms with van der Waals surface area (Å²) in [6, 6.07) is 14.7. The van der Waals surface area contributed by atoms with Gasteiger partial charge in [-0.1, -0.05) is 30.3 Å². The van der Waals surface area contributed by atoms with E-state index in [1.54, 1.807) is 10.9 Å². The fourth-order valence-electron chi connectivity index (χ4n) is 4.01. The van der Waals surface area contributed by atoms with E-state index in [1.165, 1.54) is 12.1 Å². The lowest BCUT2D eigenvalue weighted by molar-refractivity contribution is -0.137. The zero-order chi connectivity index (χ0) is 24.0. The van der Waals surface area contributed by atoms with Gasteiger partial charge in [0.2, 0.25) is 5.91 Å². The van der Waals surface area contributed by atoms with Crippen LogP contribution in [0.3, 0.4) is 0 Å². The Hall–Kier alpha value is -3.17. The lowest BCUT2D eigenvalue weighted by atomic mass is 10.0. The van der Waals surface area contributed by atoms with Crippen molar-refractivity contribution in [1.82, 2.24) is 20.0 Å². The van der Waals surface area contributed by atoms with E-state index in [9.17, 15) is 18.0 Å². The first kappa shape index (κ1) is 24.0. The zero-order valence-electron chi connectivity index (χ0n) is 18.7. The van der Waals surface area contributed by atoms with Gasteiger partial charge in [0.15, 0.2) is 0 Å². The molecule has 1 N–H and O–H groups in total. The Balaban J connectivity index is 1.35. The average molecular weight is 473 g/mol. The van der Waals surface area contributed by atoms with Crippen LogP contribution in [-0.4, -0.2) is 53.4 Å². The van der Waals surface area contributed by atoms with Gasteiger partial charge in [-0.05, 0) is 41.8 Å². The molecule has 0 saturated carbocycles. The highest BCUT2D eigenvalue weighted by Gasteiger charge is 2.31. The van der Waals surface area contributed by atoms with E-state index in [0.717, 1.165) is 28.9 Å². The Morgan fingerprint density at radius 2 is 1.76 bits per heavy atom. The summed E-state index contributed by atoms with van der Waals surface area (Å²) in [5.41, 5.74) is 1.95. The number of carbonyl (C=O) groups excluding carboxylic acids is 1. The molecule has 9 heteroatoms. The third-order valence-electron chi connectivity index (χ3n) is 5.90. The first-order valence-electron chi connectivity index (χ1n) is 11.2. The molecular weight excluding hydrogens is 445 g/mol. The molecule has 0 radical (unpaired) electrons. The van der Waals surface area contributed by atoms with Crippen molar-refractivity contribution in [2.45, 2.75) is 25.1 Å². The number of para-hydroxylation sites is 1. The molecule has 1 unspecified atom stereocenters. The maximum atomic E-state index is 13.0. The number of nitrogens with zero attached hydrogens (tertiary/aromatic N) is 3. The highest BCUT2D eigenvalue weighted by molar-refractivity contribution is 5.76. The van der Waals surface area contributed by atoms with Gasteiger partial charge in [-0.15, -0.1) is 0 Å². The average Bonchev–Trinajstić information content (AvgIpc) is 3.33. The third-order valence-corrected chi connectivity index (χ3v) is 5.90. The second-order valence-corrected chi connectivity index (χ2v) is 8.22. The van der Waals surface area contributed by atoms with Gasteiger partial charge in [0.25, 0.3) is 0 Å².